The van der Waals surface area contributed by atoms with E-state index < -0.39 is 35.0 Å². The molecule has 7 rings (SSSR count). The summed E-state index contributed by atoms with van der Waals surface area (Å²) in [5.74, 6) is -3.34. The molecule has 9 N–H and O–H groups in total. The molecule has 1 aliphatic carbocycles. The Hall–Kier alpha value is -5.23. The number of aryl methyl sites for hydroxylation is 1. The number of likely N-dealkylation sites (tertiary alicyclic amines) is 1. The molecule has 2 fully saturated rings. The molecule has 2 aromatic heterocycles. The molecule has 1 saturated carbocycles. The van der Waals surface area contributed by atoms with Gasteiger partial charge in [-0.15, -0.1) is 0 Å². The SMILES string of the molecule is CCc1c2c(nc3ccc(OC(=O)NCCNC(=O)CCCCCCCCCCC(=O)N4CCC(C(=O)O)(C(=O)O)CC4)cc13)-c1cc3c(c(=O)n1C2)COC(=O)[C@]3(O)CC.N[C@@H]1CCCC[C@H]1N.[Pt+4]. The van der Waals surface area contributed by atoms with Gasteiger partial charge in [0.15, 0.2) is 11.0 Å². The number of pyridine rings is 2. The molecule has 3 amide bonds. The van der Waals surface area contributed by atoms with Gasteiger partial charge in [0, 0.05) is 67.6 Å². The summed E-state index contributed by atoms with van der Waals surface area (Å²) in [6, 6.07) is 7.35. The number of piperidine rings is 1. The number of fused-ring (bicyclic) bond motifs is 5. The van der Waals surface area contributed by atoms with Crippen molar-refractivity contribution >= 4 is 46.7 Å². The molecule has 4 aliphatic rings. The van der Waals surface area contributed by atoms with Crippen molar-refractivity contribution in [1.82, 2.24) is 25.1 Å². The molecule has 20 heteroatoms. The van der Waals surface area contributed by atoms with Crippen molar-refractivity contribution in [2.45, 2.75) is 160 Å². The second-order valence-electron chi connectivity index (χ2n) is 18.7. The fraction of sp³-hybridized carbons (Fsp3) is 0.600. The van der Waals surface area contributed by atoms with Gasteiger partial charge in [-0.1, -0.05) is 65.2 Å². The minimum absolute atomic E-state index is 0. The summed E-state index contributed by atoms with van der Waals surface area (Å²) in [5, 5.41) is 36.1. The normalized spacial score (nSPS) is 19.8. The van der Waals surface area contributed by atoms with E-state index in [2.05, 4.69) is 10.6 Å². The topological polar surface area (TPSA) is 296 Å². The molecule has 19 nitrogen and oxygen atoms in total. The zero-order valence-corrected chi connectivity index (χ0v) is 42.5. The predicted octanol–water partition coefficient (Wildman–Crippen LogP) is 4.74. The number of cyclic esters (lactones) is 1. The fourth-order valence-corrected chi connectivity index (χ4v) is 9.83. The minimum Gasteiger partial charge on any atom is -0.480 e. The van der Waals surface area contributed by atoms with Crippen LogP contribution in [-0.2, 0) is 74.9 Å². The van der Waals surface area contributed by atoms with Gasteiger partial charge in [0.05, 0.1) is 29.0 Å². The Kier molecular flexibility index (Phi) is 20.1. The van der Waals surface area contributed by atoms with E-state index in [1.807, 2.05) is 6.92 Å². The number of unbranched alkanes of at least 4 members (excludes halogenated alkanes) is 7. The maximum Gasteiger partial charge on any atom is 4.00 e. The number of nitrogens with two attached hydrogens (primary N) is 2. The van der Waals surface area contributed by atoms with E-state index in [-0.39, 0.29) is 120 Å². The van der Waals surface area contributed by atoms with Crippen molar-refractivity contribution in [1.29, 1.82) is 0 Å². The van der Waals surface area contributed by atoms with Gasteiger partial charge in [-0.25, -0.2) is 14.6 Å². The van der Waals surface area contributed by atoms with Gasteiger partial charge >= 0.3 is 45.1 Å². The number of aromatic nitrogens is 2. The Morgan fingerprint density at radius 3 is 2.03 bits per heavy atom. The summed E-state index contributed by atoms with van der Waals surface area (Å²) in [6.45, 7) is 4.39. The molecular formula is C50H69N7O12Pt+4. The second kappa shape index (κ2) is 25.2. The van der Waals surface area contributed by atoms with Gasteiger partial charge < -0.3 is 56.4 Å². The number of aliphatic carboxylic acids is 2. The maximum atomic E-state index is 13.6. The van der Waals surface area contributed by atoms with Gasteiger partial charge in [0.2, 0.25) is 11.8 Å². The average Bonchev–Trinajstić information content (AvgIpc) is 3.70. The molecule has 3 aliphatic heterocycles. The Balaban J connectivity index is 0.000000920. The van der Waals surface area contributed by atoms with Crippen LogP contribution in [0.1, 0.15) is 145 Å². The Morgan fingerprint density at radius 1 is 0.843 bits per heavy atom. The van der Waals surface area contributed by atoms with Crippen LogP contribution in [-0.4, -0.2) is 104 Å². The number of ether oxygens (including phenoxy) is 2. The number of amides is 3. The van der Waals surface area contributed by atoms with E-state index in [1.54, 1.807) is 40.7 Å². The average molecular weight is 1160 g/mol. The number of rotatable bonds is 19. The molecule has 382 valence electrons. The third kappa shape index (κ3) is 12.8. The van der Waals surface area contributed by atoms with Crippen LogP contribution in [0.5, 0.6) is 5.75 Å². The number of nitrogens with one attached hydrogen (secondary N) is 2. The second-order valence-corrected chi connectivity index (χ2v) is 18.7. The first kappa shape index (κ1) is 55.7. The molecule has 1 saturated heterocycles. The summed E-state index contributed by atoms with van der Waals surface area (Å²) in [7, 11) is 0. The van der Waals surface area contributed by atoms with Crippen LogP contribution in [0.15, 0.2) is 29.1 Å². The van der Waals surface area contributed by atoms with Crippen LogP contribution < -0.4 is 32.4 Å². The first-order valence-electron chi connectivity index (χ1n) is 24.6. The minimum atomic E-state index is -1.92. The number of hydrogen-bond donors (Lipinski definition) is 7. The number of esters is 1. The van der Waals surface area contributed by atoms with E-state index in [0.29, 0.717) is 41.9 Å². The number of aliphatic hydroxyl groups is 1. The van der Waals surface area contributed by atoms with Crippen LogP contribution in [0.2, 0.25) is 0 Å². The molecule has 0 radical (unpaired) electrons. The summed E-state index contributed by atoms with van der Waals surface area (Å²) >= 11 is 0. The molecule has 3 atom stereocenters. The summed E-state index contributed by atoms with van der Waals surface area (Å²) in [4.78, 5) is 93.0. The first-order chi connectivity index (χ1) is 33.0. The van der Waals surface area contributed by atoms with E-state index in [9.17, 15) is 48.9 Å². The molecule has 0 unspecified atom stereocenters. The quantitative estimate of drug-likeness (QED) is 0.0379. The van der Waals surface area contributed by atoms with Gasteiger partial charge in [0.25, 0.3) is 5.56 Å². The summed E-state index contributed by atoms with van der Waals surface area (Å²) in [5.41, 5.74) is 11.3. The van der Waals surface area contributed by atoms with Crippen molar-refractivity contribution in [3.05, 3.63) is 56.9 Å². The number of carboxylic acids is 2. The molecule has 0 spiro atoms. The number of carboxylic acid groups (broad SMARTS) is 2. The molecule has 0 bridgehead atoms. The van der Waals surface area contributed by atoms with Gasteiger partial charge in [-0.05, 0) is 81.2 Å². The van der Waals surface area contributed by atoms with Crippen LogP contribution in [0.3, 0.4) is 0 Å². The van der Waals surface area contributed by atoms with E-state index in [4.69, 9.17) is 25.9 Å². The Labute approximate surface area is 422 Å². The van der Waals surface area contributed by atoms with E-state index in [1.165, 1.54) is 12.8 Å². The van der Waals surface area contributed by atoms with Crippen molar-refractivity contribution in [3.63, 3.8) is 0 Å². The van der Waals surface area contributed by atoms with E-state index in [0.717, 1.165) is 80.7 Å². The summed E-state index contributed by atoms with van der Waals surface area (Å²) in [6.07, 6.45) is 12.7. The van der Waals surface area contributed by atoms with Crippen LogP contribution in [0, 0.1) is 5.41 Å². The third-order valence-corrected chi connectivity index (χ3v) is 14.3. The van der Waals surface area contributed by atoms with E-state index >= 15 is 0 Å². The fourth-order valence-electron chi connectivity index (χ4n) is 9.83. The monoisotopic (exact) mass is 1150 g/mol. The van der Waals surface area contributed by atoms with Crippen molar-refractivity contribution < 1.29 is 74.6 Å². The molecule has 70 heavy (non-hydrogen) atoms. The Bertz CT molecular complexity index is 2430. The molecular weight excluding hydrogens is 1090 g/mol. The number of nitrogens with zero attached hydrogens (tertiary/aromatic N) is 3. The smallest absolute Gasteiger partial charge is 0.480 e. The predicted molar refractivity (Wildman–Crippen MR) is 255 cm³/mol. The van der Waals surface area contributed by atoms with Crippen LogP contribution in [0.25, 0.3) is 22.3 Å². The van der Waals surface area contributed by atoms with Crippen LogP contribution in [0.4, 0.5) is 4.79 Å². The molecule has 5 heterocycles. The van der Waals surface area contributed by atoms with Gasteiger partial charge in [-0.3, -0.25) is 24.0 Å². The van der Waals surface area contributed by atoms with Gasteiger partial charge in [-0.2, -0.15) is 0 Å². The van der Waals surface area contributed by atoms with Crippen molar-refractivity contribution in [2.75, 3.05) is 26.2 Å². The largest absolute Gasteiger partial charge is 4.00 e. The zero-order valence-electron chi connectivity index (χ0n) is 40.3. The zero-order chi connectivity index (χ0) is 49.9. The third-order valence-electron chi connectivity index (χ3n) is 14.3. The van der Waals surface area contributed by atoms with Crippen molar-refractivity contribution in [2.24, 2.45) is 16.9 Å². The first-order valence-corrected chi connectivity index (χ1v) is 24.6. The number of carbonyl (C=O) groups is 6. The van der Waals surface area contributed by atoms with Crippen molar-refractivity contribution in [3.8, 4) is 17.1 Å². The molecule has 3 aromatic rings. The number of hydrogen-bond acceptors (Lipinski definition) is 13. The van der Waals surface area contributed by atoms with Gasteiger partial charge in [0.1, 0.15) is 12.4 Å². The Morgan fingerprint density at radius 2 is 1.44 bits per heavy atom. The van der Waals surface area contributed by atoms with Crippen LogP contribution >= 0.6 is 0 Å². The maximum absolute atomic E-state index is 13.6. The standard InChI is InChI=1S/C44H55N5O12.C6H14N2.Pt/c1-3-28-29-23-27(15-16-33(29)47-37-30(28)25-49-34(37)24-32-31(38(49)52)26-60-41(57)44(32,59)4-2)61-42(58)46-20-19-45-35(50)13-11-9-7-5-6-8-10-12-14-36(51)48-21-17-43(18-22-48,39(53)54)40(55)56;7-5-3-1-2-4-6(5)8;/h15-16,23-24,59H,3-14,17-22,25-26H2,1-2H3,(H,45,50)(H,46,58)(H,53,54)(H,55,56);5-6H,1-4,7-8H2;/q;;+4/t44-;5-,6-;/m01./s1. The molecule has 1 aromatic carbocycles. The number of benzene rings is 1. The number of carbonyl (C=O) groups excluding carboxylic acids is 4. The summed E-state index contributed by atoms with van der Waals surface area (Å²) < 4.78 is 12.3.